The highest BCUT2D eigenvalue weighted by molar-refractivity contribution is 14.0. The molecule has 0 spiro atoms. The zero-order valence-corrected chi connectivity index (χ0v) is 17.5. The topological polar surface area (TPSA) is 49.8 Å². The normalized spacial score (nSPS) is 10.9. The highest BCUT2D eigenvalue weighted by atomic mass is 127. The second-order valence-electron chi connectivity index (χ2n) is 5.20. The summed E-state index contributed by atoms with van der Waals surface area (Å²) in [7, 11) is 3.82. The van der Waals surface area contributed by atoms with Crippen LogP contribution in [0.5, 0.6) is 5.75 Å². The van der Waals surface area contributed by atoms with Gasteiger partial charge in [-0.1, -0.05) is 18.2 Å². The third-order valence-electron chi connectivity index (χ3n) is 3.26. The quantitative estimate of drug-likeness (QED) is 0.297. The Morgan fingerprint density at radius 2 is 2.08 bits per heavy atom. The maximum atomic E-state index is 5.68. The molecule has 5 nitrogen and oxygen atoms in total. The van der Waals surface area contributed by atoms with Crippen molar-refractivity contribution in [2.24, 2.45) is 4.99 Å². The van der Waals surface area contributed by atoms with E-state index in [1.165, 1.54) is 0 Å². The molecule has 2 rings (SSSR count). The number of hydrogen-bond acceptors (Lipinski definition) is 4. The van der Waals surface area contributed by atoms with E-state index in [1.807, 2.05) is 44.3 Å². The van der Waals surface area contributed by atoms with Crippen LogP contribution in [0.3, 0.4) is 0 Å². The van der Waals surface area contributed by atoms with Crippen molar-refractivity contribution >= 4 is 41.3 Å². The maximum absolute atomic E-state index is 5.68. The molecule has 24 heavy (non-hydrogen) atoms. The number of ether oxygens (including phenoxy) is 1. The Morgan fingerprint density at radius 3 is 2.71 bits per heavy atom. The van der Waals surface area contributed by atoms with Gasteiger partial charge in [-0.05, 0) is 25.5 Å². The van der Waals surface area contributed by atoms with Crippen LogP contribution in [0.15, 0.2) is 40.7 Å². The molecule has 0 saturated heterocycles. The monoisotopic (exact) mass is 460 g/mol. The fraction of sp³-hybridized carbons (Fsp3) is 0.412. The maximum Gasteiger partial charge on any atom is 0.193 e. The van der Waals surface area contributed by atoms with E-state index in [-0.39, 0.29) is 24.0 Å². The van der Waals surface area contributed by atoms with Gasteiger partial charge in [0.1, 0.15) is 5.75 Å². The molecule has 7 heteroatoms. The summed E-state index contributed by atoms with van der Waals surface area (Å²) in [5.74, 6) is 1.78. The van der Waals surface area contributed by atoms with E-state index in [1.54, 1.807) is 18.4 Å². The molecule has 0 atom stereocenters. The molecule has 0 unspecified atom stereocenters. The van der Waals surface area contributed by atoms with Crippen LogP contribution in [0.2, 0.25) is 0 Å². The van der Waals surface area contributed by atoms with Crippen LogP contribution < -0.4 is 10.1 Å². The number of guanidine groups is 1. The van der Waals surface area contributed by atoms with E-state index < -0.39 is 0 Å². The number of nitrogens with zero attached hydrogens (tertiary/aromatic N) is 3. The summed E-state index contributed by atoms with van der Waals surface area (Å²) in [6.07, 6.45) is 0.914. The first-order valence-corrected chi connectivity index (χ1v) is 8.57. The number of rotatable bonds is 7. The molecular formula is C17H25IN4OS. The standard InChI is InChI=1S/C17H24N4OS.HI/c1-14-20-15(13-23-14)12-21(3)17(18-2)19-10-7-11-22-16-8-5-4-6-9-16;/h4-6,8-9,13H,7,10-12H2,1-3H3,(H,18,19);1H. The van der Waals surface area contributed by atoms with Crippen LogP contribution in [0.25, 0.3) is 0 Å². The van der Waals surface area contributed by atoms with Gasteiger partial charge >= 0.3 is 0 Å². The van der Waals surface area contributed by atoms with Crippen LogP contribution >= 0.6 is 35.3 Å². The van der Waals surface area contributed by atoms with Gasteiger partial charge in [-0.15, -0.1) is 35.3 Å². The lowest BCUT2D eigenvalue weighted by atomic mass is 10.3. The average molecular weight is 460 g/mol. The molecule has 0 aliphatic rings. The van der Waals surface area contributed by atoms with Gasteiger partial charge in [0.25, 0.3) is 0 Å². The molecule has 0 fully saturated rings. The smallest absolute Gasteiger partial charge is 0.193 e. The van der Waals surface area contributed by atoms with Crippen molar-refractivity contribution in [2.45, 2.75) is 19.9 Å². The molecule has 0 amide bonds. The van der Waals surface area contributed by atoms with E-state index in [4.69, 9.17) is 4.74 Å². The SMILES string of the molecule is CN=C(NCCCOc1ccccc1)N(C)Cc1csc(C)n1.I. The Hall–Kier alpha value is -1.35. The average Bonchev–Trinajstić information content (AvgIpc) is 2.96. The van der Waals surface area contributed by atoms with Gasteiger partial charge in [0.05, 0.1) is 23.9 Å². The third-order valence-corrected chi connectivity index (χ3v) is 4.08. The third kappa shape index (κ3) is 7.04. The Kier molecular flexibility index (Phi) is 9.70. The van der Waals surface area contributed by atoms with E-state index in [0.29, 0.717) is 6.61 Å². The second-order valence-corrected chi connectivity index (χ2v) is 6.27. The van der Waals surface area contributed by atoms with Crippen molar-refractivity contribution in [3.05, 3.63) is 46.4 Å². The first kappa shape index (κ1) is 20.7. The summed E-state index contributed by atoms with van der Waals surface area (Å²) < 4.78 is 5.68. The fourth-order valence-corrected chi connectivity index (χ4v) is 2.77. The van der Waals surface area contributed by atoms with Crippen molar-refractivity contribution in [1.29, 1.82) is 0 Å². The van der Waals surface area contributed by atoms with E-state index in [0.717, 1.165) is 41.9 Å². The van der Waals surface area contributed by atoms with Crippen molar-refractivity contribution in [2.75, 3.05) is 27.2 Å². The first-order valence-electron chi connectivity index (χ1n) is 7.69. The molecule has 0 aliphatic heterocycles. The summed E-state index contributed by atoms with van der Waals surface area (Å²) in [4.78, 5) is 10.9. The highest BCUT2D eigenvalue weighted by Crippen LogP contribution is 2.10. The summed E-state index contributed by atoms with van der Waals surface area (Å²) in [5.41, 5.74) is 1.07. The lowest BCUT2D eigenvalue weighted by Crippen LogP contribution is -2.39. The molecule has 1 aromatic carbocycles. The van der Waals surface area contributed by atoms with Crippen LogP contribution in [-0.2, 0) is 6.54 Å². The molecule has 0 radical (unpaired) electrons. The number of benzene rings is 1. The fourth-order valence-electron chi connectivity index (χ4n) is 2.16. The number of nitrogens with one attached hydrogen (secondary N) is 1. The van der Waals surface area contributed by atoms with Gasteiger partial charge in [0, 0.05) is 26.0 Å². The van der Waals surface area contributed by atoms with Gasteiger partial charge in [0.15, 0.2) is 5.96 Å². The Balaban J connectivity index is 0.00000288. The summed E-state index contributed by atoms with van der Waals surface area (Å²) in [6.45, 7) is 4.28. The number of aryl methyl sites for hydroxylation is 1. The molecule has 0 bridgehead atoms. The van der Waals surface area contributed by atoms with Crippen molar-refractivity contribution in [1.82, 2.24) is 15.2 Å². The van der Waals surface area contributed by atoms with Gasteiger partial charge in [-0.2, -0.15) is 0 Å². The Labute approximate surface area is 165 Å². The molecule has 1 N–H and O–H groups in total. The minimum atomic E-state index is 0. The van der Waals surface area contributed by atoms with Crippen LogP contribution in [0.4, 0.5) is 0 Å². The minimum Gasteiger partial charge on any atom is -0.494 e. The van der Waals surface area contributed by atoms with Crippen molar-refractivity contribution in [3.63, 3.8) is 0 Å². The largest absolute Gasteiger partial charge is 0.494 e. The second kappa shape index (κ2) is 11.2. The van der Waals surface area contributed by atoms with E-state index in [2.05, 4.69) is 25.6 Å². The van der Waals surface area contributed by atoms with Crippen molar-refractivity contribution in [3.8, 4) is 5.75 Å². The summed E-state index contributed by atoms with van der Waals surface area (Å²) >= 11 is 1.67. The number of para-hydroxylation sites is 1. The van der Waals surface area contributed by atoms with Gasteiger partial charge in [0.2, 0.25) is 0 Å². The van der Waals surface area contributed by atoms with Crippen LogP contribution in [0, 0.1) is 6.92 Å². The number of aliphatic imine (C=N–C) groups is 1. The molecule has 1 aromatic heterocycles. The molecular weight excluding hydrogens is 435 g/mol. The number of halogens is 1. The lowest BCUT2D eigenvalue weighted by molar-refractivity contribution is 0.310. The van der Waals surface area contributed by atoms with Crippen molar-refractivity contribution < 1.29 is 4.74 Å². The zero-order valence-electron chi connectivity index (χ0n) is 14.4. The molecule has 1 heterocycles. The van der Waals surface area contributed by atoms with Gasteiger partial charge in [-0.3, -0.25) is 4.99 Å². The molecule has 2 aromatic rings. The van der Waals surface area contributed by atoms with Crippen LogP contribution in [0.1, 0.15) is 17.1 Å². The number of hydrogen-bond donors (Lipinski definition) is 1. The van der Waals surface area contributed by atoms with Gasteiger partial charge in [-0.25, -0.2) is 4.98 Å². The van der Waals surface area contributed by atoms with E-state index in [9.17, 15) is 0 Å². The van der Waals surface area contributed by atoms with Crippen LogP contribution in [-0.4, -0.2) is 43.1 Å². The zero-order chi connectivity index (χ0) is 16.5. The molecule has 0 aliphatic carbocycles. The Bertz CT molecular complexity index is 618. The molecule has 132 valence electrons. The summed E-state index contributed by atoms with van der Waals surface area (Å²) in [5, 5.41) is 6.54. The number of thiazole rings is 1. The van der Waals surface area contributed by atoms with Gasteiger partial charge < -0.3 is 15.0 Å². The predicted molar refractivity (Wildman–Crippen MR) is 112 cm³/mol. The predicted octanol–water partition coefficient (Wildman–Crippen LogP) is 3.55. The first-order chi connectivity index (χ1) is 11.2. The van der Waals surface area contributed by atoms with E-state index >= 15 is 0 Å². The lowest BCUT2D eigenvalue weighted by Gasteiger charge is -2.21. The molecule has 0 saturated carbocycles. The summed E-state index contributed by atoms with van der Waals surface area (Å²) in [6, 6.07) is 9.87. The highest BCUT2D eigenvalue weighted by Gasteiger charge is 2.08. The Morgan fingerprint density at radius 1 is 1.33 bits per heavy atom. The number of aromatic nitrogens is 1. The minimum absolute atomic E-state index is 0.